The lowest BCUT2D eigenvalue weighted by atomic mass is 9.97. The van der Waals surface area contributed by atoms with Gasteiger partial charge in [0, 0.05) is 62.4 Å². The number of sulfone groups is 1. The molecule has 1 N–H and O–H groups in total. The second kappa shape index (κ2) is 13.0. The molecule has 0 aliphatic heterocycles. The summed E-state index contributed by atoms with van der Waals surface area (Å²) in [7, 11) is 1.63. The topological polar surface area (TPSA) is 122 Å². The predicted molar refractivity (Wildman–Crippen MR) is 177 cm³/mol. The molecule has 45 heavy (non-hydrogen) atoms. The second-order valence-corrected chi connectivity index (χ2v) is 14.0. The minimum Gasteiger partial charge on any atom is -0.425 e. The zero-order chi connectivity index (χ0) is 33.1. The van der Waals surface area contributed by atoms with E-state index in [4.69, 9.17) is 4.74 Å². The van der Waals surface area contributed by atoms with Gasteiger partial charge in [-0.1, -0.05) is 18.2 Å². The van der Waals surface area contributed by atoms with Gasteiger partial charge in [0.25, 0.3) is 5.69 Å². The zero-order valence-corrected chi connectivity index (χ0v) is 27.3. The van der Waals surface area contributed by atoms with Crippen molar-refractivity contribution in [1.29, 1.82) is 0 Å². The van der Waals surface area contributed by atoms with Crippen molar-refractivity contribution in [2.24, 2.45) is 5.41 Å². The number of anilines is 4. The molecule has 236 valence electrons. The van der Waals surface area contributed by atoms with Crippen molar-refractivity contribution in [2.75, 3.05) is 36.3 Å². The fourth-order valence-corrected chi connectivity index (χ4v) is 6.05. The maximum absolute atomic E-state index is 13.8. The van der Waals surface area contributed by atoms with Gasteiger partial charge in [0.15, 0.2) is 0 Å². The Balaban J connectivity index is 1.79. The van der Waals surface area contributed by atoms with Gasteiger partial charge in [-0.15, -0.1) is 0 Å². The maximum atomic E-state index is 13.8. The summed E-state index contributed by atoms with van der Waals surface area (Å²) < 4.78 is 33.6. The first-order valence-electron chi connectivity index (χ1n) is 14.3. The fourth-order valence-electron chi connectivity index (χ4n) is 4.60. The summed E-state index contributed by atoms with van der Waals surface area (Å²) >= 11 is 0. The highest BCUT2D eigenvalue weighted by atomic mass is 32.2. The van der Waals surface area contributed by atoms with Crippen molar-refractivity contribution >= 4 is 44.2 Å². The summed E-state index contributed by atoms with van der Waals surface area (Å²) in [5.41, 5.74) is 2.99. The van der Waals surface area contributed by atoms with Crippen LogP contribution in [0, 0.1) is 22.5 Å². The van der Waals surface area contributed by atoms with Crippen molar-refractivity contribution in [2.45, 2.75) is 44.0 Å². The van der Waals surface area contributed by atoms with Crippen molar-refractivity contribution in [3.05, 3.63) is 106 Å². The Morgan fingerprint density at radius 1 is 0.911 bits per heavy atom. The molecule has 0 aromatic heterocycles. The van der Waals surface area contributed by atoms with Crippen LogP contribution in [0.3, 0.4) is 0 Å². The first kappa shape index (κ1) is 33.0. The van der Waals surface area contributed by atoms with E-state index in [0.29, 0.717) is 28.3 Å². The number of carbonyl (C=O) groups is 1. The number of carbonyl (C=O) groups excluding carboxylic acids is 1. The van der Waals surface area contributed by atoms with Gasteiger partial charge in [-0.05, 0) is 87.9 Å². The van der Waals surface area contributed by atoms with Crippen LogP contribution >= 0.6 is 0 Å². The Bertz CT molecular complexity index is 1820. The average molecular weight is 631 g/mol. The zero-order valence-electron chi connectivity index (χ0n) is 26.5. The van der Waals surface area contributed by atoms with Crippen LogP contribution in [0.2, 0.25) is 0 Å². The third kappa shape index (κ3) is 7.61. The molecule has 0 bridgehead atoms. The van der Waals surface area contributed by atoms with E-state index in [1.54, 1.807) is 81.4 Å². The van der Waals surface area contributed by atoms with Crippen molar-refractivity contribution in [1.82, 2.24) is 0 Å². The first-order chi connectivity index (χ1) is 21.1. The standard InChI is InChI=1S/C34H38N4O6S/c1-23-19-25(35-30-18-17-28(36(5)6)21-31(30)45(42,43)29-11-9-8-10-12-29)20-24(32(23)44-33(39)34(2,3)4)22-37(7)26-13-15-27(16-14-26)38(40)41/h8-21,35H,22H2,1-7H3. The van der Waals surface area contributed by atoms with Gasteiger partial charge in [0.05, 0.1) is 25.8 Å². The van der Waals surface area contributed by atoms with Crippen LogP contribution in [-0.4, -0.2) is 40.5 Å². The van der Waals surface area contributed by atoms with E-state index >= 15 is 0 Å². The molecule has 4 aromatic rings. The smallest absolute Gasteiger partial charge is 0.316 e. The first-order valence-corrected chi connectivity index (χ1v) is 15.8. The third-order valence-electron chi connectivity index (χ3n) is 7.17. The highest BCUT2D eigenvalue weighted by molar-refractivity contribution is 7.91. The van der Waals surface area contributed by atoms with E-state index in [0.717, 1.165) is 11.4 Å². The summed E-state index contributed by atoms with van der Waals surface area (Å²) in [5.74, 6) is -0.00427. The van der Waals surface area contributed by atoms with Gasteiger partial charge in [-0.3, -0.25) is 14.9 Å². The van der Waals surface area contributed by atoms with Crippen LogP contribution in [0.4, 0.5) is 28.4 Å². The van der Waals surface area contributed by atoms with Crippen LogP contribution in [0.1, 0.15) is 31.9 Å². The Labute approximate surface area is 264 Å². The number of aryl methyl sites for hydroxylation is 1. The second-order valence-electron chi connectivity index (χ2n) is 12.1. The van der Waals surface area contributed by atoms with Gasteiger partial charge >= 0.3 is 5.97 Å². The molecule has 0 unspecified atom stereocenters. The van der Waals surface area contributed by atoms with Crippen LogP contribution in [0.25, 0.3) is 0 Å². The number of nitrogens with zero attached hydrogens (tertiary/aromatic N) is 3. The average Bonchev–Trinajstić information content (AvgIpc) is 2.98. The number of hydrogen-bond acceptors (Lipinski definition) is 9. The number of rotatable bonds is 10. The molecule has 0 fully saturated rings. The Morgan fingerprint density at radius 2 is 1.53 bits per heavy atom. The van der Waals surface area contributed by atoms with Crippen LogP contribution < -0.4 is 19.9 Å². The molecule has 0 aliphatic rings. The minimum absolute atomic E-state index is 0.0180. The molecule has 0 amide bonds. The summed E-state index contributed by atoms with van der Waals surface area (Å²) in [4.78, 5) is 27.7. The summed E-state index contributed by atoms with van der Waals surface area (Å²) in [5, 5.41) is 14.4. The third-order valence-corrected chi connectivity index (χ3v) is 8.98. The number of non-ortho nitro benzene ring substituents is 1. The van der Waals surface area contributed by atoms with Crippen LogP contribution in [-0.2, 0) is 21.2 Å². The molecule has 0 spiro atoms. The molecule has 0 radical (unpaired) electrons. The molecule has 0 saturated carbocycles. The molecule has 0 aliphatic carbocycles. The number of hydrogen-bond donors (Lipinski definition) is 1. The lowest BCUT2D eigenvalue weighted by Crippen LogP contribution is -2.27. The molecule has 4 rings (SSSR count). The van der Waals surface area contributed by atoms with Gasteiger partial charge in [-0.2, -0.15) is 0 Å². The fraction of sp³-hybridized carbons (Fsp3) is 0.265. The van der Waals surface area contributed by atoms with Crippen molar-refractivity contribution in [3.8, 4) is 5.75 Å². The van der Waals surface area contributed by atoms with Crippen molar-refractivity contribution < 1.29 is 22.9 Å². The lowest BCUT2D eigenvalue weighted by molar-refractivity contribution is -0.384. The van der Waals surface area contributed by atoms with E-state index in [1.165, 1.54) is 12.1 Å². The quantitative estimate of drug-likeness (QED) is 0.0843. The number of esters is 1. The molecule has 0 saturated heterocycles. The minimum atomic E-state index is -3.89. The molecular weight excluding hydrogens is 592 g/mol. The van der Waals surface area contributed by atoms with Gasteiger partial charge in [0.2, 0.25) is 9.84 Å². The van der Waals surface area contributed by atoms with Gasteiger partial charge in [-0.25, -0.2) is 8.42 Å². The van der Waals surface area contributed by atoms with Crippen LogP contribution in [0.15, 0.2) is 94.7 Å². The van der Waals surface area contributed by atoms with E-state index < -0.39 is 26.1 Å². The number of nitro groups is 1. The maximum Gasteiger partial charge on any atom is 0.316 e. The summed E-state index contributed by atoms with van der Waals surface area (Å²) in [6.45, 7) is 7.43. The molecule has 10 nitrogen and oxygen atoms in total. The number of nitrogens with one attached hydrogen (secondary N) is 1. The Hall–Kier alpha value is -4.90. The van der Waals surface area contributed by atoms with E-state index in [2.05, 4.69) is 5.32 Å². The van der Waals surface area contributed by atoms with E-state index in [-0.39, 0.29) is 22.0 Å². The van der Waals surface area contributed by atoms with Crippen LogP contribution in [0.5, 0.6) is 5.75 Å². The summed E-state index contributed by atoms with van der Waals surface area (Å²) in [6, 6.07) is 23.3. The lowest BCUT2D eigenvalue weighted by Gasteiger charge is -2.25. The largest absolute Gasteiger partial charge is 0.425 e. The highest BCUT2D eigenvalue weighted by Gasteiger charge is 2.27. The number of ether oxygens (including phenoxy) is 1. The predicted octanol–water partition coefficient (Wildman–Crippen LogP) is 7.13. The highest BCUT2D eigenvalue weighted by Crippen LogP contribution is 2.37. The SMILES string of the molecule is Cc1cc(Nc2ccc(N(C)C)cc2S(=O)(=O)c2ccccc2)cc(CN(C)c2ccc([N+](=O)[O-])cc2)c1OC(=O)C(C)(C)C. The van der Waals surface area contributed by atoms with Crippen molar-refractivity contribution in [3.63, 3.8) is 0 Å². The summed E-state index contributed by atoms with van der Waals surface area (Å²) in [6.07, 6.45) is 0. The normalized spacial score (nSPS) is 11.5. The number of nitro benzene ring substituents is 1. The molecule has 11 heteroatoms. The Kier molecular flexibility index (Phi) is 9.53. The van der Waals surface area contributed by atoms with Gasteiger partial charge in [0.1, 0.15) is 5.75 Å². The molecule has 0 heterocycles. The molecule has 4 aromatic carbocycles. The van der Waals surface area contributed by atoms with Gasteiger partial charge < -0.3 is 19.9 Å². The Morgan fingerprint density at radius 3 is 2.11 bits per heavy atom. The van der Waals surface area contributed by atoms with E-state index in [9.17, 15) is 23.3 Å². The molecule has 0 atom stereocenters. The monoisotopic (exact) mass is 630 g/mol. The molecular formula is C34H38N4O6S. The van der Waals surface area contributed by atoms with E-state index in [1.807, 2.05) is 50.0 Å². The number of benzene rings is 4.